The smallest absolute Gasteiger partial charge is 0.243 e. The Hall–Kier alpha value is -0.360. The summed E-state index contributed by atoms with van der Waals surface area (Å²) in [6.45, 7) is 13.0. The molecule has 0 spiro atoms. The van der Waals surface area contributed by atoms with Gasteiger partial charge in [-0.1, -0.05) is 13.8 Å². The maximum Gasteiger partial charge on any atom is 0.243 e. The molecule has 1 saturated carbocycles. The standard InChI is InChI=1S/C15H30N2O3.ClH/c1-6-17(9-10-19-7-2)13(18)15(16)11-12(20-8-3)14(15,4)5;/h12H,6-11,16H2,1-5H3;1H. The predicted molar refractivity (Wildman–Crippen MR) is 86.7 cm³/mol. The lowest BCUT2D eigenvalue weighted by Crippen LogP contribution is -2.76. The molecule has 1 aliphatic rings. The SMILES string of the molecule is CCOCCN(CC)C(=O)C1(N)CC(OCC)C1(C)C.Cl. The molecule has 1 amide bonds. The average molecular weight is 323 g/mol. The van der Waals surface area contributed by atoms with E-state index in [1.807, 2.05) is 34.6 Å². The average Bonchev–Trinajstić information content (AvgIpc) is 2.42. The second kappa shape index (κ2) is 8.32. The zero-order chi connectivity index (χ0) is 15.4. The van der Waals surface area contributed by atoms with Crippen LogP contribution >= 0.6 is 12.4 Å². The van der Waals surface area contributed by atoms with Crippen molar-refractivity contribution in [1.82, 2.24) is 4.90 Å². The predicted octanol–water partition coefficient (Wildman–Crippen LogP) is 1.83. The number of halogens is 1. The second-order valence-electron chi connectivity index (χ2n) is 5.92. The molecule has 0 aromatic heterocycles. The van der Waals surface area contributed by atoms with E-state index in [2.05, 4.69) is 0 Å². The maximum atomic E-state index is 12.7. The van der Waals surface area contributed by atoms with E-state index in [4.69, 9.17) is 15.2 Å². The molecule has 0 saturated heterocycles. The molecule has 1 fully saturated rings. The monoisotopic (exact) mass is 322 g/mol. The molecule has 0 aliphatic heterocycles. The summed E-state index contributed by atoms with van der Waals surface area (Å²) in [7, 11) is 0. The number of nitrogens with zero attached hydrogens (tertiary/aromatic N) is 1. The van der Waals surface area contributed by atoms with E-state index in [1.54, 1.807) is 4.90 Å². The van der Waals surface area contributed by atoms with E-state index in [0.717, 1.165) is 0 Å². The Labute approximate surface area is 134 Å². The first-order valence-corrected chi connectivity index (χ1v) is 7.62. The van der Waals surface area contributed by atoms with Crippen LogP contribution in [0.5, 0.6) is 0 Å². The molecule has 0 aromatic carbocycles. The molecule has 2 atom stereocenters. The molecule has 1 rings (SSSR count). The van der Waals surface area contributed by atoms with Gasteiger partial charge >= 0.3 is 0 Å². The largest absolute Gasteiger partial charge is 0.380 e. The van der Waals surface area contributed by atoms with Crippen LogP contribution in [-0.2, 0) is 14.3 Å². The molecule has 5 nitrogen and oxygen atoms in total. The molecule has 21 heavy (non-hydrogen) atoms. The molecule has 126 valence electrons. The van der Waals surface area contributed by atoms with Crippen LogP contribution in [0.1, 0.15) is 41.0 Å². The number of amides is 1. The van der Waals surface area contributed by atoms with Crippen molar-refractivity contribution in [2.45, 2.75) is 52.7 Å². The highest BCUT2D eigenvalue weighted by Crippen LogP contribution is 2.50. The van der Waals surface area contributed by atoms with E-state index >= 15 is 0 Å². The number of rotatable bonds is 8. The van der Waals surface area contributed by atoms with Gasteiger partial charge in [-0.15, -0.1) is 12.4 Å². The van der Waals surface area contributed by atoms with Crippen LogP contribution in [-0.4, -0.2) is 55.4 Å². The third kappa shape index (κ3) is 3.89. The van der Waals surface area contributed by atoms with Crippen molar-refractivity contribution in [3.8, 4) is 0 Å². The van der Waals surface area contributed by atoms with E-state index < -0.39 is 5.54 Å². The number of hydrogen-bond acceptors (Lipinski definition) is 4. The highest BCUT2D eigenvalue weighted by atomic mass is 35.5. The third-order valence-electron chi connectivity index (χ3n) is 4.59. The first-order chi connectivity index (χ1) is 9.35. The van der Waals surface area contributed by atoms with E-state index in [1.165, 1.54) is 0 Å². The lowest BCUT2D eigenvalue weighted by molar-refractivity contribution is -0.179. The topological polar surface area (TPSA) is 64.8 Å². The van der Waals surface area contributed by atoms with Crippen LogP contribution in [0.25, 0.3) is 0 Å². The van der Waals surface area contributed by atoms with Gasteiger partial charge in [0.05, 0.1) is 12.7 Å². The quantitative estimate of drug-likeness (QED) is 0.692. The van der Waals surface area contributed by atoms with Crippen molar-refractivity contribution in [1.29, 1.82) is 0 Å². The van der Waals surface area contributed by atoms with Gasteiger partial charge in [-0.3, -0.25) is 4.79 Å². The highest BCUT2D eigenvalue weighted by Gasteiger charge is 2.63. The Morgan fingerprint density at radius 2 is 1.90 bits per heavy atom. The minimum atomic E-state index is -0.824. The number of hydrogen-bond donors (Lipinski definition) is 1. The number of ether oxygens (including phenoxy) is 2. The number of nitrogens with two attached hydrogens (primary N) is 1. The number of likely N-dealkylation sites (N-methyl/N-ethyl adjacent to an activating group) is 1. The van der Waals surface area contributed by atoms with Crippen molar-refractivity contribution in [2.24, 2.45) is 11.1 Å². The summed E-state index contributed by atoms with van der Waals surface area (Å²) in [5, 5.41) is 0. The minimum absolute atomic E-state index is 0. The first kappa shape index (κ1) is 20.6. The molecular weight excluding hydrogens is 292 g/mol. The number of carbonyl (C=O) groups is 1. The molecular formula is C15H31ClN2O3. The van der Waals surface area contributed by atoms with Crippen LogP contribution < -0.4 is 5.73 Å². The Bertz CT molecular complexity index is 339. The fraction of sp³-hybridized carbons (Fsp3) is 0.933. The lowest BCUT2D eigenvalue weighted by atomic mass is 9.54. The van der Waals surface area contributed by atoms with E-state index in [0.29, 0.717) is 39.3 Å². The molecule has 2 unspecified atom stereocenters. The molecule has 6 heteroatoms. The molecule has 0 heterocycles. The van der Waals surface area contributed by atoms with Gasteiger partial charge < -0.3 is 20.1 Å². The zero-order valence-corrected chi connectivity index (χ0v) is 14.8. The van der Waals surface area contributed by atoms with Crippen molar-refractivity contribution in [3.63, 3.8) is 0 Å². The van der Waals surface area contributed by atoms with Crippen molar-refractivity contribution >= 4 is 18.3 Å². The maximum absolute atomic E-state index is 12.7. The zero-order valence-electron chi connectivity index (χ0n) is 14.0. The Morgan fingerprint density at radius 3 is 2.33 bits per heavy atom. The third-order valence-corrected chi connectivity index (χ3v) is 4.59. The molecule has 1 aliphatic carbocycles. The Kier molecular flexibility index (Phi) is 8.18. The summed E-state index contributed by atoms with van der Waals surface area (Å²) < 4.78 is 11.0. The summed E-state index contributed by atoms with van der Waals surface area (Å²) in [6.07, 6.45) is 0.657. The summed E-state index contributed by atoms with van der Waals surface area (Å²) >= 11 is 0. The van der Waals surface area contributed by atoms with Gasteiger partial charge in [0.15, 0.2) is 0 Å². The van der Waals surface area contributed by atoms with Gasteiger partial charge in [0.25, 0.3) is 0 Å². The van der Waals surface area contributed by atoms with Gasteiger partial charge in [-0.2, -0.15) is 0 Å². The summed E-state index contributed by atoms with van der Waals surface area (Å²) in [4.78, 5) is 14.5. The molecule has 0 radical (unpaired) electrons. The van der Waals surface area contributed by atoms with Crippen molar-refractivity contribution in [2.75, 3.05) is 32.9 Å². The van der Waals surface area contributed by atoms with Crippen LogP contribution in [0.4, 0.5) is 0 Å². The van der Waals surface area contributed by atoms with Gasteiger partial charge in [0, 0.05) is 38.1 Å². The van der Waals surface area contributed by atoms with E-state index in [-0.39, 0.29) is 29.8 Å². The second-order valence-corrected chi connectivity index (χ2v) is 5.92. The van der Waals surface area contributed by atoms with Crippen molar-refractivity contribution < 1.29 is 14.3 Å². The van der Waals surface area contributed by atoms with Gasteiger partial charge in [-0.05, 0) is 20.8 Å². The highest BCUT2D eigenvalue weighted by molar-refractivity contribution is 5.89. The summed E-state index contributed by atoms with van der Waals surface area (Å²) in [5.74, 6) is 0.0145. The van der Waals surface area contributed by atoms with Gasteiger partial charge in [-0.25, -0.2) is 0 Å². The summed E-state index contributed by atoms with van der Waals surface area (Å²) in [5.41, 5.74) is 5.25. The Morgan fingerprint density at radius 1 is 1.29 bits per heavy atom. The van der Waals surface area contributed by atoms with Gasteiger partial charge in [0.2, 0.25) is 5.91 Å². The fourth-order valence-electron chi connectivity index (χ4n) is 2.80. The van der Waals surface area contributed by atoms with Crippen LogP contribution in [0.2, 0.25) is 0 Å². The van der Waals surface area contributed by atoms with Crippen molar-refractivity contribution in [3.05, 3.63) is 0 Å². The molecule has 2 N–H and O–H groups in total. The molecule has 0 aromatic rings. The fourth-order valence-corrected chi connectivity index (χ4v) is 2.80. The van der Waals surface area contributed by atoms with Gasteiger partial charge in [0.1, 0.15) is 5.54 Å². The van der Waals surface area contributed by atoms with Crippen LogP contribution in [0.3, 0.4) is 0 Å². The van der Waals surface area contributed by atoms with Crippen LogP contribution in [0, 0.1) is 5.41 Å². The Balaban J connectivity index is 0.00000400. The van der Waals surface area contributed by atoms with Crippen LogP contribution in [0.15, 0.2) is 0 Å². The lowest BCUT2D eigenvalue weighted by Gasteiger charge is -2.58. The minimum Gasteiger partial charge on any atom is -0.380 e. The molecule has 0 bridgehead atoms. The summed E-state index contributed by atoms with van der Waals surface area (Å²) in [6, 6.07) is 0. The normalized spacial score (nSPS) is 26.7. The number of carbonyl (C=O) groups excluding carboxylic acids is 1. The van der Waals surface area contributed by atoms with E-state index in [9.17, 15) is 4.79 Å². The first-order valence-electron chi connectivity index (χ1n) is 7.62.